The highest BCUT2D eigenvalue weighted by molar-refractivity contribution is 7.98. The van der Waals surface area contributed by atoms with Gasteiger partial charge < -0.3 is 9.40 Å². The lowest BCUT2D eigenvalue weighted by atomic mass is 10.1. The Morgan fingerprint density at radius 3 is 2.92 bits per heavy atom. The monoisotopic (exact) mass is 350 g/mol. The molecule has 4 rings (SSSR count). The summed E-state index contributed by atoms with van der Waals surface area (Å²) >= 11 is 1.25. The number of nitriles is 1. The van der Waals surface area contributed by atoms with Crippen molar-refractivity contribution < 1.29 is 8.81 Å². The van der Waals surface area contributed by atoms with Gasteiger partial charge in [-0.15, -0.1) is 10.2 Å². The van der Waals surface area contributed by atoms with Gasteiger partial charge in [0.05, 0.1) is 17.2 Å². The molecule has 1 N–H and O–H groups in total. The van der Waals surface area contributed by atoms with E-state index in [0.29, 0.717) is 28.0 Å². The van der Waals surface area contributed by atoms with E-state index in [1.165, 1.54) is 17.8 Å². The van der Waals surface area contributed by atoms with E-state index in [9.17, 15) is 4.39 Å². The Morgan fingerprint density at radius 1 is 1.20 bits per heavy atom. The van der Waals surface area contributed by atoms with Crippen LogP contribution in [0.2, 0.25) is 0 Å². The molecular formula is C18H11FN4OS. The molecule has 0 saturated heterocycles. The number of aromatic amines is 1. The molecule has 0 fully saturated rings. The van der Waals surface area contributed by atoms with Crippen molar-refractivity contribution in [3.8, 4) is 17.5 Å². The van der Waals surface area contributed by atoms with Crippen LogP contribution in [0.25, 0.3) is 22.4 Å². The van der Waals surface area contributed by atoms with Gasteiger partial charge in [-0.05, 0) is 23.8 Å². The van der Waals surface area contributed by atoms with Crippen molar-refractivity contribution in [1.82, 2.24) is 15.2 Å². The van der Waals surface area contributed by atoms with Gasteiger partial charge in [-0.25, -0.2) is 4.39 Å². The number of rotatable bonds is 4. The lowest BCUT2D eigenvalue weighted by molar-refractivity contribution is 0.466. The predicted octanol–water partition coefficient (Wildman–Crippen LogP) is 4.52. The molecule has 0 unspecified atom stereocenters. The molecule has 0 aliphatic heterocycles. The number of H-pyrrole nitrogens is 1. The topological polar surface area (TPSA) is 78.5 Å². The highest BCUT2D eigenvalue weighted by Gasteiger charge is 2.14. The lowest BCUT2D eigenvalue weighted by Gasteiger charge is -2.00. The number of halogens is 1. The van der Waals surface area contributed by atoms with Crippen LogP contribution in [0, 0.1) is 17.1 Å². The van der Waals surface area contributed by atoms with Crippen LogP contribution in [0.1, 0.15) is 11.1 Å². The number of nitrogens with one attached hydrogen (secondary N) is 1. The Morgan fingerprint density at radius 2 is 2.08 bits per heavy atom. The number of hydrogen-bond donors (Lipinski definition) is 1. The van der Waals surface area contributed by atoms with Gasteiger partial charge in [0.1, 0.15) is 5.82 Å². The van der Waals surface area contributed by atoms with Gasteiger partial charge in [-0.2, -0.15) is 5.26 Å². The van der Waals surface area contributed by atoms with Crippen molar-refractivity contribution in [2.24, 2.45) is 0 Å². The maximum atomic E-state index is 13.9. The maximum Gasteiger partial charge on any atom is 0.277 e. The summed E-state index contributed by atoms with van der Waals surface area (Å²) in [4.78, 5) is 3.16. The summed E-state index contributed by atoms with van der Waals surface area (Å²) < 4.78 is 19.6. The summed E-state index contributed by atoms with van der Waals surface area (Å²) in [5.74, 6) is 0.343. The summed E-state index contributed by atoms with van der Waals surface area (Å²) in [5.41, 5.74) is 2.60. The zero-order valence-corrected chi connectivity index (χ0v) is 13.7. The molecule has 122 valence electrons. The van der Waals surface area contributed by atoms with E-state index < -0.39 is 5.82 Å². The van der Waals surface area contributed by atoms with E-state index in [1.54, 1.807) is 12.1 Å². The second-order valence-corrected chi connectivity index (χ2v) is 6.25. The maximum absolute atomic E-state index is 13.9. The number of para-hydroxylation sites is 1. The quantitative estimate of drug-likeness (QED) is 0.547. The average Bonchev–Trinajstić information content (AvgIpc) is 3.27. The molecule has 2 heterocycles. The Hall–Kier alpha value is -3.11. The Bertz CT molecular complexity index is 1100. The van der Waals surface area contributed by atoms with Crippen molar-refractivity contribution in [2.75, 3.05) is 0 Å². The second-order valence-electron chi connectivity index (χ2n) is 5.33. The number of hydrogen-bond acceptors (Lipinski definition) is 5. The third-order valence-corrected chi connectivity index (χ3v) is 4.63. The molecule has 25 heavy (non-hydrogen) atoms. The first-order valence-electron chi connectivity index (χ1n) is 7.46. The Balaban J connectivity index is 1.53. The summed E-state index contributed by atoms with van der Waals surface area (Å²) in [6.45, 7) is 0. The van der Waals surface area contributed by atoms with Gasteiger partial charge in [0.2, 0.25) is 0 Å². The van der Waals surface area contributed by atoms with E-state index in [0.717, 1.165) is 16.5 Å². The molecular weight excluding hydrogens is 339 g/mol. The molecule has 0 atom stereocenters. The van der Waals surface area contributed by atoms with E-state index in [-0.39, 0.29) is 0 Å². The van der Waals surface area contributed by atoms with Crippen LogP contribution in [0.4, 0.5) is 4.39 Å². The van der Waals surface area contributed by atoms with E-state index in [4.69, 9.17) is 9.68 Å². The number of thioether (sulfide) groups is 1. The van der Waals surface area contributed by atoms with Gasteiger partial charge in [-0.1, -0.05) is 36.0 Å². The molecule has 0 saturated carbocycles. The minimum absolute atomic E-state index is 0.297. The van der Waals surface area contributed by atoms with Crippen LogP contribution in [0.15, 0.2) is 58.3 Å². The molecule has 7 heteroatoms. The normalized spacial score (nSPS) is 10.9. The van der Waals surface area contributed by atoms with Crippen molar-refractivity contribution in [1.29, 1.82) is 5.26 Å². The first-order valence-corrected chi connectivity index (χ1v) is 8.44. The number of nitrogens with zero attached hydrogens (tertiary/aromatic N) is 3. The number of aromatic nitrogens is 3. The Kier molecular flexibility index (Phi) is 3.96. The number of fused-ring (bicyclic) bond motifs is 1. The fourth-order valence-corrected chi connectivity index (χ4v) is 3.25. The van der Waals surface area contributed by atoms with Gasteiger partial charge in [-0.3, -0.25) is 0 Å². The zero-order valence-electron chi connectivity index (χ0n) is 12.9. The van der Waals surface area contributed by atoms with Crippen molar-refractivity contribution in [2.45, 2.75) is 11.0 Å². The first kappa shape index (κ1) is 15.4. The van der Waals surface area contributed by atoms with E-state index >= 15 is 0 Å². The molecule has 0 bridgehead atoms. The number of benzene rings is 2. The van der Waals surface area contributed by atoms with Gasteiger partial charge in [0.25, 0.3) is 11.1 Å². The highest BCUT2D eigenvalue weighted by Crippen LogP contribution is 2.30. The van der Waals surface area contributed by atoms with E-state index in [2.05, 4.69) is 15.2 Å². The smallest absolute Gasteiger partial charge is 0.277 e. The molecule has 2 aromatic heterocycles. The average molecular weight is 350 g/mol. The van der Waals surface area contributed by atoms with Crippen LogP contribution < -0.4 is 0 Å². The Labute approximate surface area is 146 Å². The molecule has 0 amide bonds. The second kappa shape index (κ2) is 6.42. The minimum Gasteiger partial charge on any atom is -0.411 e. The van der Waals surface area contributed by atoms with Crippen LogP contribution in [-0.2, 0) is 5.75 Å². The van der Waals surface area contributed by atoms with Crippen molar-refractivity contribution in [3.05, 3.63) is 65.6 Å². The molecule has 0 aliphatic carbocycles. The fourth-order valence-electron chi connectivity index (χ4n) is 2.50. The molecule has 0 radical (unpaired) electrons. The summed E-state index contributed by atoms with van der Waals surface area (Å²) in [6.07, 6.45) is 1.83. The molecule has 0 spiro atoms. The van der Waals surface area contributed by atoms with Gasteiger partial charge >= 0.3 is 0 Å². The van der Waals surface area contributed by atoms with Crippen LogP contribution in [-0.4, -0.2) is 15.2 Å². The highest BCUT2D eigenvalue weighted by atomic mass is 32.2. The van der Waals surface area contributed by atoms with Crippen molar-refractivity contribution >= 4 is 22.7 Å². The third kappa shape index (κ3) is 2.99. The molecule has 5 nitrogen and oxygen atoms in total. The van der Waals surface area contributed by atoms with Crippen LogP contribution >= 0.6 is 11.8 Å². The molecule has 0 aliphatic rings. The van der Waals surface area contributed by atoms with E-state index in [1.807, 2.05) is 36.5 Å². The van der Waals surface area contributed by atoms with Gasteiger partial charge in [0, 0.05) is 22.9 Å². The largest absolute Gasteiger partial charge is 0.411 e. The molecule has 4 aromatic rings. The van der Waals surface area contributed by atoms with Crippen molar-refractivity contribution in [3.63, 3.8) is 0 Å². The lowest BCUT2D eigenvalue weighted by Crippen LogP contribution is -1.89. The summed E-state index contributed by atoms with van der Waals surface area (Å²) in [7, 11) is 0. The third-order valence-electron chi connectivity index (χ3n) is 3.76. The van der Waals surface area contributed by atoms with Crippen LogP contribution in [0.3, 0.4) is 0 Å². The van der Waals surface area contributed by atoms with Gasteiger partial charge in [0.15, 0.2) is 0 Å². The van der Waals surface area contributed by atoms with Crippen LogP contribution in [0.5, 0.6) is 0 Å². The zero-order chi connectivity index (χ0) is 17.2. The predicted molar refractivity (Wildman–Crippen MR) is 92.3 cm³/mol. The first-order chi connectivity index (χ1) is 12.2. The standard InChI is InChI=1S/C18H11FN4OS/c19-15-7-11(8-20)5-6-12(15)10-25-18-23-22-17(24-18)14-9-21-16-4-2-1-3-13(14)16/h1-7,9,21H,10H2. The fraction of sp³-hybridized carbons (Fsp3) is 0.0556. The SMILES string of the molecule is N#Cc1ccc(CSc2nnc(-c3c[nH]c4ccccc34)o2)c(F)c1. The summed E-state index contributed by atoms with van der Waals surface area (Å²) in [6, 6.07) is 14.2. The summed E-state index contributed by atoms with van der Waals surface area (Å²) in [5, 5.41) is 18.2. The minimum atomic E-state index is -0.414. The molecule has 2 aromatic carbocycles.